The number of ether oxygens (including phenoxy) is 1. The molecule has 2 atom stereocenters. The molecule has 5 heteroatoms. The molecule has 14 heavy (non-hydrogen) atoms. The summed E-state index contributed by atoms with van der Waals surface area (Å²) in [6.45, 7) is 5.45. The Labute approximate surface area is 86.1 Å². The molecule has 1 aliphatic heterocycles. The fraction of sp³-hybridized carbons (Fsp3) is 1.00. The molecule has 0 aromatic rings. The minimum Gasteiger partial charge on any atom is -0.378 e. The van der Waals surface area contributed by atoms with Crippen molar-refractivity contribution in [3.8, 4) is 0 Å². The average Bonchev–Trinajstić information content (AvgIpc) is 2.46. The molecule has 2 unspecified atom stereocenters. The van der Waals surface area contributed by atoms with Crippen LogP contribution in [0.1, 0.15) is 20.3 Å². The minimum atomic E-state index is -3.07. The van der Waals surface area contributed by atoms with Crippen molar-refractivity contribution in [1.82, 2.24) is 4.72 Å². The zero-order chi connectivity index (χ0) is 10.8. The lowest BCUT2D eigenvalue weighted by Crippen LogP contribution is -2.34. The number of nitrogens with one attached hydrogen (secondary N) is 1. The average molecular weight is 221 g/mol. The van der Waals surface area contributed by atoms with E-state index in [0.29, 0.717) is 18.4 Å². The minimum absolute atomic E-state index is 0.198. The zero-order valence-electron chi connectivity index (χ0n) is 8.99. The van der Waals surface area contributed by atoms with Gasteiger partial charge in [-0.15, -0.1) is 0 Å². The van der Waals surface area contributed by atoms with Gasteiger partial charge in [-0.25, -0.2) is 13.1 Å². The van der Waals surface area contributed by atoms with Gasteiger partial charge in [0.2, 0.25) is 10.0 Å². The summed E-state index contributed by atoms with van der Waals surface area (Å²) in [4.78, 5) is 0. The number of rotatable bonds is 4. The fourth-order valence-electron chi connectivity index (χ4n) is 1.87. The fourth-order valence-corrected chi connectivity index (χ4v) is 2.39. The first-order chi connectivity index (χ1) is 6.40. The molecule has 0 aliphatic carbocycles. The summed E-state index contributed by atoms with van der Waals surface area (Å²) in [5.41, 5.74) is 0. The van der Waals surface area contributed by atoms with Crippen molar-refractivity contribution in [2.75, 3.05) is 19.4 Å². The van der Waals surface area contributed by atoms with E-state index in [1.165, 1.54) is 6.26 Å². The Morgan fingerprint density at radius 1 is 1.50 bits per heavy atom. The van der Waals surface area contributed by atoms with Gasteiger partial charge < -0.3 is 4.74 Å². The van der Waals surface area contributed by atoms with Gasteiger partial charge in [-0.2, -0.15) is 0 Å². The maximum atomic E-state index is 10.9. The quantitative estimate of drug-likeness (QED) is 0.756. The monoisotopic (exact) mass is 221 g/mol. The first-order valence-electron chi connectivity index (χ1n) is 4.96. The maximum absolute atomic E-state index is 10.9. The predicted octanol–water partition coefficient (Wildman–Crippen LogP) is 0.597. The first-order valence-corrected chi connectivity index (χ1v) is 6.85. The molecule has 0 spiro atoms. The van der Waals surface area contributed by atoms with E-state index in [9.17, 15) is 8.42 Å². The zero-order valence-corrected chi connectivity index (χ0v) is 9.80. The molecule has 1 N–H and O–H groups in total. The Kier molecular flexibility index (Phi) is 3.92. The third-order valence-electron chi connectivity index (χ3n) is 2.53. The smallest absolute Gasteiger partial charge is 0.208 e. The predicted molar refractivity (Wildman–Crippen MR) is 55.5 cm³/mol. The van der Waals surface area contributed by atoms with E-state index in [1.807, 2.05) is 0 Å². The van der Waals surface area contributed by atoms with Crippen LogP contribution in [0.3, 0.4) is 0 Å². The molecule has 1 aliphatic rings. The molecule has 1 fully saturated rings. The van der Waals surface area contributed by atoms with Crippen molar-refractivity contribution in [2.24, 2.45) is 11.8 Å². The Bertz CT molecular complexity index is 274. The summed E-state index contributed by atoms with van der Waals surface area (Å²) in [5, 5.41) is 0. The van der Waals surface area contributed by atoms with E-state index >= 15 is 0 Å². The third kappa shape index (κ3) is 3.55. The molecule has 0 bridgehead atoms. The van der Waals surface area contributed by atoms with Crippen LogP contribution in [0, 0.1) is 11.8 Å². The van der Waals surface area contributed by atoms with Crippen molar-refractivity contribution in [2.45, 2.75) is 26.4 Å². The Balaban J connectivity index is 2.44. The van der Waals surface area contributed by atoms with Crippen LogP contribution in [0.25, 0.3) is 0 Å². The van der Waals surface area contributed by atoms with Crippen LogP contribution in [-0.4, -0.2) is 33.9 Å². The molecule has 0 aromatic carbocycles. The normalized spacial score (nSPS) is 28.6. The first kappa shape index (κ1) is 11.9. The number of hydrogen-bond acceptors (Lipinski definition) is 3. The van der Waals surface area contributed by atoms with Crippen LogP contribution in [0.15, 0.2) is 0 Å². The highest BCUT2D eigenvalue weighted by molar-refractivity contribution is 7.88. The highest BCUT2D eigenvalue weighted by Gasteiger charge is 2.30. The Morgan fingerprint density at radius 2 is 2.14 bits per heavy atom. The molecule has 0 amide bonds. The second kappa shape index (κ2) is 4.59. The van der Waals surface area contributed by atoms with Gasteiger partial charge in [-0.1, -0.05) is 13.8 Å². The lowest BCUT2D eigenvalue weighted by Gasteiger charge is -2.21. The molecule has 0 radical (unpaired) electrons. The number of hydrogen-bond donors (Lipinski definition) is 1. The van der Waals surface area contributed by atoms with Crippen molar-refractivity contribution in [3.63, 3.8) is 0 Å². The molecule has 0 saturated carbocycles. The van der Waals surface area contributed by atoms with Crippen molar-refractivity contribution < 1.29 is 13.2 Å². The largest absolute Gasteiger partial charge is 0.378 e. The van der Waals surface area contributed by atoms with Crippen molar-refractivity contribution in [3.05, 3.63) is 0 Å². The van der Waals surface area contributed by atoms with E-state index in [0.717, 1.165) is 13.0 Å². The van der Waals surface area contributed by atoms with E-state index in [1.54, 1.807) is 0 Å². The van der Waals surface area contributed by atoms with Crippen LogP contribution in [0.2, 0.25) is 0 Å². The summed E-state index contributed by atoms with van der Waals surface area (Å²) in [5.74, 6) is 0.772. The van der Waals surface area contributed by atoms with E-state index in [2.05, 4.69) is 18.6 Å². The van der Waals surface area contributed by atoms with Crippen LogP contribution < -0.4 is 4.72 Å². The highest BCUT2D eigenvalue weighted by Crippen LogP contribution is 2.26. The van der Waals surface area contributed by atoms with Gasteiger partial charge in [0.15, 0.2) is 0 Å². The second-order valence-corrected chi connectivity index (χ2v) is 6.08. The summed E-state index contributed by atoms with van der Waals surface area (Å²) in [6, 6.07) is 0. The van der Waals surface area contributed by atoms with Crippen LogP contribution in [0.5, 0.6) is 0 Å². The molecule has 1 rings (SSSR count). The van der Waals surface area contributed by atoms with Gasteiger partial charge in [-0.05, 0) is 12.3 Å². The lowest BCUT2D eigenvalue weighted by atomic mass is 9.93. The lowest BCUT2D eigenvalue weighted by molar-refractivity contribution is 0.0551. The van der Waals surface area contributed by atoms with Gasteiger partial charge in [0.25, 0.3) is 0 Å². The van der Waals surface area contributed by atoms with E-state index in [4.69, 9.17) is 4.74 Å². The van der Waals surface area contributed by atoms with Gasteiger partial charge in [0.1, 0.15) is 0 Å². The van der Waals surface area contributed by atoms with Gasteiger partial charge >= 0.3 is 0 Å². The SMILES string of the molecule is CC(C)C1OCCC1CNS(C)(=O)=O. The van der Waals surface area contributed by atoms with E-state index in [-0.39, 0.29) is 6.10 Å². The maximum Gasteiger partial charge on any atom is 0.208 e. The van der Waals surface area contributed by atoms with Crippen LogP contribution in [-0.2, 0) is 14.8 Å². The van der Waals surface area contributed by atoms with Crippen LogP contribution in [0.4, 0.5) is 0 Å². The molecule has 4 nitrogen and oxygen atoms in total. The summed E-state index contributed by atoms with van der Waals surface area (Å²) < 4.78 is 29.9. The molecule has 0 aromatic heterocycles. The molecule has 84 valence electrons. The highest BCUT2D eigenvalue weighted by atomic mass is 32.2. The molecular weight excluding hydrogens is 202 g/mol. The second-order valence-electron chi connectivity index (χ2n) is 4.25. The Hall–Kier alpha value is -0.130. The standard InChI is InChI=1S/C9H19NO3S/c1-7(2)9-8(4-5-13-9)6-10-14(3,11)12/h7-10H,4-6H2,1-3H3. The molecular formula is C9H19NO3S. The molecule has 1 saturated heterocycles. The van der Waals surface area contributed by atoms with Crippen molar-refractivity contribution >= 4 is 10.0 Å². The van der Waals surface area contributed by atoms with Gasteiger partial charge in [-0.3, -0.25) is 0 Å². The van der Waals surface area contributed by atoms with Gasteiger partial charge in [0, 0.05) is 19.1 Å². The molecule has 1 heterocycles. The van der Waals surface area contributed by atoms with Crippen molar-refractivity contribution in [1.29, 1.82) is 0 Å². The van der Waals surface area contributed by atoms with Gasteiger partial charge in [0.05, 0.1) is 12.4 Å². The summed E-state index contributed by atoms with van der Waals surface area (Å²) >= 11 is 0. The Morgan fingerprint density at radius 3 is 2.64 bits per heavy atom. The van der Waals surface area contributed by atoms with Crippen LogP contribution >= 0.6 is 0 Å². The summed E-state index contributed by atoms with van der Waals surface area (Å²) in [7, 11) is -3.07. The summed E-state index contributed by atoms with van der Waals surface area (Å²) in [6.07, 6.45) is 2.34. The van der Waals surface area contributed by atoms with E-state index < -0.39 is 10.0 Å². The topological polar surface area (TPSA) is 55.4 Å². The number of sulfonamides is 1. The third-order valence-corrected chi connectivity index (χ3v) is 3.22.